The number of amides is 3. The molecule has 2 atom stereocenters. The van der Waals surface area contributed by atoms with Crippen LogP contribution in [0.5, 0.6) is 0 Å². The van der Waals surface area contributed by atoms with E-state index in [0.717, 1.165) is 24.2 Å². The Morgan fingerprint density at radius 1 is 1.43 bits per heavy atom. The van der Waals surface area contributed by atoms with E-state index < -0.39 is 12.1 Å². The molecule has 1 fully saturated rings. The van der Waals surface area contributed by atoms with Crippen LogP contribution in [-0.2, 0) is 4.79 Å². The predicted molar refractivity (Wildman–Crippen MR) is 92.5 cm³/mol. The molecule has 1 saturated heterocycles. The molecule has 23 heavy (non-hydrogen) atoms. The highest BCUT2D eigenvalue weighted by atomic mass is 35.5. The van der Waals surface area contributed by atoms with E-state index in [1.54, 1.807) is 0 Å². The molecule has 0 saturated carbocycles. The molecule has 128 valence electrons. The first-order valence-electron chi connectivity index (χ1n) is 7.60. The molecule has 0 radical (unpaired) electrons. The van der Waals surface area contributed by atoms with Gasteiger partial charge in [-0.1, -0.05) is 24.3 Å². The van der Waals surface area contributed by atoms with Gasteiger partial charge in [0.05, 0.1) is 12.5 Å². The van der Waals surface area contributed by atoms with Crippen molar-refractivity contribution in [3.63, 3.8) is 0 Å². The molecule has 0 bridgehead atoms. The molecular weight excluding hydrogens is 316 g/mol. The summed E-state index contributed by atoms with van der Waals surface area (Å²) in [6, 6.07) is 6.86. The summed E-state index contributed by atoms with van der Waals surface area (Å²) in [4.78, 5) is 25.7. The number of carbonyl (C=O) groups is 2. The highest BCUT2D eigenvalue weighted by Crippen LogP contribution is 2.22. The summed E-state index contributed by atoms with van der Waals surface area (Å²) < 4.78 is 0. The van der Waals surface area contributed by atoms with Gasteiger partial charge in [-0.15, -0.1) is 12.4 Å². The lowest BCUT2D eigenvalue weighted by molar-refractivity contribution is -0.134. The van der Waals surface area contributed by atoms with Gasteiger partial charge in [0.15, 0.2) is 0 Å². The number of nitrogens with two attached hydrogens (primary N) is 1. The number of piperazine rings is 1. The Labute approximate surface area is 143 Å². The van der Waals surface area contributed by atoms with Crippen LogP contribution in [0.1, 0.15) is 30.5 Å². The number of hydrogen-bond acceptors (Lipinski definition) is 3. The number of aryl methyl sites for hydroxylation is 1. The molecule has 0 aliphatic carbocycles. The van der Waals surface area contributed by atoms with Crippen LogP contribution >= 0.6 is 12.4 Å². The second kappa shape index (κ2) is 8.74. The molecule has 1 heterocycles. The summed E-state index contributed by atoms with van der Waals surface area (Å²) in [7, 11) is 0. The third kappa shape index (κ3) is 5.11. The van der Waals surface area contributed by atoms with Gasteiger partial charge in [0.2, 0.25) is 5.91 Å². The van der Waals surface area contributed by atoms with Crippen molar-refractivity contribution in [2.75, 3.05) is 19.6 Å². The maximum Gasteiger partial charge on any atom is 0.312 e. The van der Waals surface area contributed by atoms with E-state index in [-0.39, 0.29) is 30.8 Å². The van der Waals surface area contributed by atoms with Crippen LogP contribution in [0.4, 0.5) is 4.79 Å². The minimum atomic E-state index is -0.616. The zero-order valence-electron chi connectivity index (χ0n) is 13.5. The number of benzene rings is 1. The molecule has 4 N–H and O–H groups in total. The molecule has 7 heteroatoms. The minimum Gasteiger partial charge on any atom is -0.352 e. The number of nitrogens with zero attached hydrogens (tertiary/aromatic N) is 1. The Balaban J connectivity index is 0.00000264. The van der Waals surface area contributed by atoms with Crippen molar-refractivity contribution >= 4 is 24.3 Å². The SMILES string of the molecule is Cc1ccccc1C(CC(=O)N1CCNC[C@H]1C)NC(N)=O.Cl. The van der Waals surface area contributed by atoms with Crippen molar-refractivity contribution in [3.8, 4) is 0 Å². The van der Waals surface area contributed by atoms with Gasteiger partial charge in [-0.2, -0.15) is 0 Å². The summed E-state index contributed by atoms with van der Waals surface area (Å²) in [5.74, 6) is 0.0380. The van der Waals surface area contributed by atoms with Crippen molar-refractivity contribution in [3.05, 3.63) is 35.4 Å². The van der Waals surface area contributed by atoms with Crippen molar-refractivity contribution in [1.29, 1.82) is 0 Å². The highest BCUT2D eigenvalue weighted by Gasteiger charge is 2.26. The van der Waals surface area contributed by atoms with Gasteiger partial charge >= 0.3 is 6.03 Å². The molecule has 3 amide bonds. The average Bonchev–Trinajstić information content (AvgIpc) is 2.47. The van der Waals surface area contributed by atoms with Crippen LogP contribution in [0.2, 0.25) is 0 Å². The smallest absolute Gasteiger partial charge is 0.312 e. The molecule has 1 aliphatic heterocycles. The number of carbonyl (C=O) groups excluding carboxylic acids is 2. The molecule has 6 nitrogen and oxygen atoms in total. The normalized spacial score (nSPS) is 18.7. The van der Waals surface area contributed by atoms with E-state index in [1.807, 2.05) is 43.0 Å². The zero-order chi connectivity index (χ0) is 16.1. The first kappa shape index (κ1) is 19.3. The van der Waals surface area contributed by atoms with Crippen molar-refractivity contribution in [1.82, 2.24) is 15.5 Å². The monoisotopic (exact) mass is 340 g/mol. The van der Waals surface area contributed by atoms with E-state index in [0.29, 0.717) is 6.54 Å². The fraction of sp³-hybridized carbons (Fsp3) is 0.500. The third-order valence-electron chi connectivity index (χ3n) is 4.08. The van der Waals surface area contributed by atoms with Crippen LogP contribution in [0.3, 0.4) is 0 Å². The number of rotatable bonds is 4. The number of urea groups is 1. The number of halogens is 1. The molecule has 1 aliphatic rings. The molecule has 1 unspecified atom stereocenters. The van der Waals surface area contributed by atoms with Crippen molar-refractivity contribution in [2.45, 2.75) is 32.4 Å². The Morgan fingerprint density at radius 2 is 2.13 bits per heavy atom. The summed E-state index contributed by atoms with van der Waals surface area (Å²) >= 11 is 0. The van der Waals surface area contributed by atoms with E-state index in [1.165, 1.54) is 0 Å². The lowest BCUT2D eigenvalue weighted by atomic mass is 9.98. The second-order valence-corrected chi connectivity index (χ2v) is 5.76. The predicted octanol–water partition coefficient (Wildman–Crippen LogP) is 1.34. The molecule has 1 aromatic carbocycles. The largest absolute Gasteiger partial charge is 0.352 e. The summed E-state index contributed by atoms with van der Waals surface area (Å²) in [6.45, 7) is 6.27. The molecular formula is C16H25ClN4O2. The quantitative estimate of drug-likeness (QED) is 0.772. The Morgan fingerprint density at radius 3 is 2.74 bits per heavy atom. The maximum absolute atomic E-state index is 12.6. The van der Waals surface area contributed by atoms with Gasteiger partial charge < -0.3 is 21.3 Å². The van der Waals surface area contributed by atoms with Gasteiger partial charge in [-0.05, 0) is 25.0 Å². The lowest BCUT2D eigenvalue weighted by Crippen LogP contribution is -2.53. The molecule has 1 aromatic rings. The summed E-state index contributed by atoms with van der Waals surface area (Å²) in [5.41, 5.74) is 7.24. The summed E-state index contributed by atoms with van der Waals surface area (Å²) in [5, 5.41) is 5.96. The first-order valence-corrected chi connectivity index (χ1v) is 7.60. The van der Waals surface area contributed by atoms with Gasteiger partial charge in [0, 0.05) is 25.7 Å². The van der Waals surface area contributed by atoms with Crippen LogP contribution in [-0.4, -0.2) is 42.5 Å². The van der Waals surface area contributed by atoms with Crippen LogP contribution in [0.15, 0.2) is 24.3 Å². The topological polar surface area (TPSA) is 87.5 Å². The van der Waals surface area contributed by atoms with Crippen molar-refractivity contribution in [2.24, 2.45) is 5.73 Å². The van der Waals surface area contributed by atoms with Gasteiger partial charge in [-0.25, -0.2) is 4.79 Å². The van der Waals surface area contributed by atoms with Gasteiger partial charge in [0.1, 0.15) is 0 Å². The standard InChI is InChI=1S/C16H24N4O2.ClH/c1-11-5-3-4-6-13(11)14(19-16(17)22)9-15(21)20-8-7-18-10-12(20)2;/h3-6,12,14,18H,7-10H2,1-2H3,(H3,17,19,22);1H/t12-,14?;/m1./s1. The van der Waals surface area contributed by atoms with Crippen LogP contribution in [0.25, 0.3) is 0 Å². The zero-order valence-corrected chi connectivity index (χ0v) is 14.4. The molecule has 0 aromatic heterocycles. The van der Waals surface area contributed by atoms with Crippen LogP contribution in [0, 0.1) is 6.92 Å². The number of primary amides is 1. The van der Waals surface area contributed by atoms with E-state index in [4.69, 9.17) is 5.73 Å². The number of nitrogens with one attached hydrogen (secondary N) is 2. The average molecular weight is 341 g/mol. The fourth-order valence-electron chi connectivity index (χ4n) is 2.89. The highest BCUT2D eigenvalue weighted by molar-refractivity contribution is 5.85. The van der Waals surface area contributed by atoms with Gasteiger partial charge in [-0.3, -0.25) is 4.79 Å². The lowest BCUT2D eigenvalue weighted by Gasteiger charge is -2.35. The summed E-state index contributed by atoms with van der Waals surface area (Å²) in [6.07, 6.45) is 0.220. The minimum absolute atomic E-state index is 0. The van der Waals surface area contributed by atoms with E-state index >= 15 is 0 Å². The van der Waals surface area contributed by atoms with Crippen molar-refractivity contribution < 1.29 is 9.59 Å². The Kier molecular flexibility index (Phi) is 7.32. The maximum atomic E-state index is 12.6. The Hall–Kier alpha value is -1.79. The third-order valence-corrected chi connectivity index (χ3v) is 4.08. The van der Waals surface area contributed by atoms with Crippen LogP contribution < -0.4 is 16.4 Å². The number of hydrogen-bond donors (Lipinski definition) is 3. The molecule has 2 rings (SSSR count). The van der Waals surface area contributed by atoms with Gasteiger partial charge in [0.25, 0.3) is 0 Å². The van der Waals surface area contributed by atoms with E-state index in [2.05, 4.69) is 10.6 Å². The Bertz CT molecular complexity index is 553. The second-order valence-electron chi connectivity index (χ2n) is 5.76. The molecule has 0 spiro atoms. The fourth-order valence-corrected chi connectivity index (χ4v) is 2.89. The van der Waals surface area contributed by atoms with E-state index in [9.17, 15) is 9.59 Å². The first-order chi connectivity index (χ1) is 10.5.